The first kappa shape index (κ1) is 13.6. The molecule has 0 spiro atoms. The van der Waals surface area contributed by atoms with Crippen LogP contribution in [0, 0.1) is 11.3 Å². The molecule has 4 nitrogen and oxygen atoms in total. The van der Waals surface area contributed by atoms with Gasteiger partial charge in [0.05, 0.1) is 23.4 Å². The van der Waals surface area contributed by atoms with Crippen molar-refractivity contribution >= 4 is 27.5 Å². The molecule has 2 aliphatic rings. The van der Waals surface area contributed by atoms with E-state index in [1.54, 1.807) is 12.1 Å². The summed E-state index contributed by atoms with van der Waals surface area (Å²) in [5.41, 5.74) is 1.45. The molecule has 20 heavy (non-hydrogen) atoms. The van der Waals surface area contributed by atoms with Crippen molar-refractivity contribution in [3.8, 4) is 6.07 Å². The van der Waals surface area contributed by atoms with Crippen molar-refractivity contribution in [3.63, 3.8) is 0 Å². The molecule has 1 aromatic rings. The molecule has 2 fully saturated rings. The number of carbonyl (C=O) groups is 1. The Morgan fingerprint density at radius 2 is 2.15 bits per heavy atom. The third-order valence-electron chi connectivity index (χ3n) is 3.82. The second-order valence-electron chi connectivity index (χ2n) is 5.40. The second kappa shape index (κ2) is 5.55. The Morgan fingerprint density at radius 3 is 2.80 bits per heavy atom. The monoisotopic (exact) mass is 333 g/mol. The molecule has 1 unspecified atom stereocenters. The van der Waals surface area contributed by atoms with E-state index in [9.17, 15) is 4.79 Å². The molecule has 1 atom stereocenters. The lowest BCUT2D eigenvalue weighted by atomic mass is 10.0. The highest BCUT2D eigenvalue weighted by molar-refractivity contribution is 9.10. The van der Waals surface area contributed by atoms with Gasteiger partial charge in [-0.05, 0) is 59.8 Å². The summed E-state index contributed by atoms with van der Waals surface area (Å²) in [7, 11) is 0. The van der Waals surface area contributed by atoms with Gasteiger partial charge in [-0.15, -0.1) is 0 Å². The number of nitriles is 1. The molecule has 1 aliphatic heterocycles. The Kier molecular flexibility index (Phi) is 3.77. The van der Waals surface area contributed by atoms with Gasteiger partial charge in [0, 0.05) is 17.1 Å². The summed E-state index contributed by atoms with van der Waals surface area (Å²) >= 11 is 3.47. The van der Waals surface area contributed by atoms with E-state index >= 15 is 0 Å². The van der Waals surface area contributed by atoms with Gasteiger partial charge in [-0.25, -0.2) is 0 Å². The van der Waals surface area contributed by atoms with Crippen LogP contribution in [0.15, 0.2) is 22.7 Å². The van der Waals surface area contributed by atoms with E-state index in [1.165, 1.54) is 12.8 Å². The zero-order chi connectivity index (χ0) is 14.1. The third-order valence-corrected chi connectivity index (χ3v) is 4.46. The molecule has 1 N–H and O–H groups in total. The van der Waals surface area contributed by atoms with Crippen molar-refractivity contribution in [2.75, 3.05) is 11.4 Å². The van der Waals surface area contributed by atoms with Gasteiger partial charge in [0.15, 0.2) is 0 Å². The van der Waals surface area contributed by atoms with Crippen molar-refractivity contribution in [1.82, 2.24) is 5.32 Å². The molecule has 104 valence electrons. The van der Waals surface area contributed by atoms with Crippen molar-refractivity contribution in [3.05, 3.63) is 28.2 Å². The molecule has 1 saturated heterocycles. The van der Waals surface area contributed by atoms with Crippen LogP contribution in [-0.4, -0.2) is 24.5 Å². The summed E-state index contributed by atoms with van der Waals surface area (Å²) in [6, 6.07) is 7.95. The summed E-state index contributed by atoms with van der Waals surface area (Å²) in [5.74, 6) is 0.147. The number of benzene rings is 1. The van der Waals surface area contributed by atoms with E-state index in [1.807, 2.05) is 11.0 Å². The van der Waals surface area contributed by atoms with Crippen molar-refractivity contribution < 1.29 is 4.79 Å². The number of nitrogens with zero attached hydrogens (tertiary/aromatic N) is 2. The van der Waals surface area contributed by atoms with Crippen molar-refractivity contribution in [2.45, 2.75) is 37.8 Å². The molecule has 1 saturated carbocycles. The van der Waals surface area contributed by atoms with E-state index < -0.39 is 0 Å². The van der Waals surface area contributed by atoms with Crippen LogP contribution in [0.1, 0.15) is 31.2 Å². The number of piperidine rings is 1. The number of halogens is 1. The molecule has 1 amide bonds. The van der Waals surface area contributed by atoms with Crippen LogP contribution in [0.25, 0.3) is 0 Å². The maximum absolute atomic E-state index is 12.6. The summed E-state index contributed by atoms with van der Waals surface area (Å²) in [4.78, 5) is 14.4. The Labute approximate surface area is 126 Å². The lowest BCUT2D eigenvalue weighted by Crippen LogP contribution is -2.51. The Hall–Kier alpha value is -1.38. The maximum atomic E-state index is 12.6. The fourth-order valence-electron chi connectivity index (χ4n) is 2.60. The van der Waals surface area contributed by atoms with Crippen LogP contribution >= 0.6 is 15.9 Å². The molecule has 1 aliphatic carbocycles. The third kappa shape index (κ3) is 2.72. The number of carbonyl (C=O) groups excluding carboxylic acids is 1. The van der Waals surface area contributed by atoms with Crippen molar-refractivity contribution in [2.24, 2.45) is 0 Å². The lowest BCUT2D eigenvalue weighted by Gasteiger charge is -2.33. The predicted octanol–water partition coefficient (Wildman–Crippen LogP) is 2.57. The van der Waals surface area contributed by atoms with E-state index in [0.717, 1.165) is 29.5 Å². The normalized spacial score (nSPS) is 22.7. The zero-order valence-corrected chi connectivity index (χ0v) is 12.7. The Bertz CT molecular complexity index is 577. The molecule has 0 aromatic heterocycles. The highest BCUT2D eigenvalue weighted by Crippen LogP contribution is 2.31. The van der Waals surface area contributed by atoms with Crippen molar-refractivity contribution in [1.29, 1.82) is 5.26 Å². The summed E-state index contributed by atoms with van der Waals surface area (Å²) in [5, 5.41) is 12.3. The van der Waals surface area contributed by atoms with Crippen LogP contribution < -0.4 is 10.2 Å². The molecule has 0 bridgehead atoms. The molecule has 1 aromatic carbocycles. The summed E-state index contributed by atoms with van der Waals surface area (Å²) in [6.45, 7) is 0.742. The molecular weight excluding hydrogens is 318 g/mol. The van der Waals surface area contributed by atoms with Gasteiger partial charge in [-0.2, -0.15) is 5.26 Å². The number of hydrogen-bond donors (Lipinski definition) is 1. The van der Waals surface area contributed by atoms with Gasteiger partial charge in [0.2, 0.25) is 5.91 Å². The van der Waals surface area contributed by atoms with Gasteiger partial charge in [-0.3, -0.25) is 4.79 Å². The molecular formula is C15H16BrN3O. The van der Waals surface area contributed by atoms with Gasteiger partial charge in [0.1, 0.15) is 0 Å². The van der Waals surface area contributed by atoms with E-state index in [4.69, 9.17) is 5.26 Å². The average molecular weight is 334 g/mol. The number of hydrogen-bond acceptors (Lipinski definition) is 3. The number of rotatable bonds is 3. The molecule has 3 rings (SSSR count). The number of nitrogens with one attached hydrogen (secondary N) is 1. The minimum atomic E-state index is -0.0567. The minimum absolute atomic E-state index is 0.0567. The van der Waals surface area contributed by atoms with Crippen LogP contribution in [0.3, 0.4) is 0 Å². The zero-order valence-electron chi connectivity index (χ0n) is 11.1. The highest BCUT2D eigenvalue weighted by atomic mass is 79.9. The standard InChI is InChI=1S/C15H16BrN3O/c16-12-8-10(9-17)3-6-14(12)19-7-1-2-13(15(19)20)18-11-4-5-11/h3,6,8,11,13,18H,1-2,4-5,7H2. The SMILES string of the molecule is N#Cc1ccc(N2CCCC(NC3CC3)C2=O)c(Br)c1. The number of amides is 1. The second-order valence-corrected chi connectivity index (χ2v) is 6.26. The van der Waals surface area contributed by atoms with E-state index in [0.29, 0.717) is 11.6 Å². The highest BCUT2D eigenvalue weighted by Gasteiger charge is 2.34. The van der Waals surface area contributed by atoms with Gasteiger partial charge >= 0.3 is 0 Å². The van der Waals surface area contributed by atoms with Gasteiger partial charge in [-0.1, -0.05) is 0 Å². The minimum Gasteiger partial charge on any atom is -0.310 e. The fraction of sp³-hybridized carbons (Fsp3) is 0.467. The maximum Gasteiger partial charge on any atom is 0.244 e. The Balaban J connectivity index is 1.81. The van der Waals surface area contributed by atoms with Crippen LogP contribution in [0.2, 0.25) is 0 Å². The van der Waals surface area contributed by atoms with Gasteiger partial charge in [0.25, 0.3) is 0 Å². The smallest absolute Gasteiger partial charge is 0.244 e. The molecule has 0 radical (unpaired) electrons. The first-order chi connectivity index (χ1) is 9.69. The molecule has 1 heterocycles. The lowest BCUT2D eigenvalue weighted by molar-refractivity contribution is -0.121. The first-order valence-electron chi connectivity index (χ1n) is 6.96. The van der Waals surface area contributed by atoms with E-state index in [2.05, 4.69) is 27.3 Å². The predicted molar refractivity (Wildman–Crippen MR) is 80.4 cm³/mol. The average Bonchev–Trinajstić information content (AvgIpc) is 3.25. The Morgan fingerprint density at radius 1 is 1.35 bits per heavy atom. The quantitative estimate of drug-likeness (QED) is 0.924. The molecule has 5 heteroatoms. The van der Waals surface area contributed by atoms with Crippen LogP contribution in [0.5, 0.6) is 0 Å². The topological polar surface area (TPSA) is 56.1 Å². The first-order valence-corrected chi connectivity index (χ1v) is 7.75. The number of anilines is 1. The van der Waals surface area contributed by atoms with Crippen LogP contribution in [0.4, 0.5) is 5.69 Å². The van der Waals surface area contributed by atoms with E-state index in [-0.39, 0.29) is 11.9 Å². The summed E-state index contributed by atoms with van der Waals surface area (Å²) in [6.07, 6.45) is 4.29. The largest absolute Gasteiger partial charge is 0.310 e. The van der Waals surface area contributed by atoms with Crippen LogP contribution in [-0.2, 0) is 4.79 Å². The summed E-state index contributed by atoms with van der Waals surface area (Å²) < 4.78 is 0.803. The van der Waals surface area contributed by atoms with Gasteiger partial charge < -0.3 is 10.2 Å². The fourth-order valence-corrected chi connectivity index (χ4v) is 3.19.